The maximum Gasteiger partial charge on any atom is 0.323 e. The molecule has 116 valence electrons. The third kappa shape index (κ3) is 3.53. The largest absolute Gasteiger partial charge is 0.349 e. The molecule has 1 atom stereocenters. The predicted molar refractivity (Wildman–Crippen MR) is 83.6 cm³/mol. The van der Waals surface area contributed by atoms with Gasteiger partial charge in [0, 0.05) is 27.2 Å². The van der Waals surface area contributed by atoms with Gasteiger partial charge < -0.3 is 9.80 Å². The number of hydrogen-bond donors (Lipinski definition) is 1. The third-order valence-corrected chi connectivity index (χ3v) is 4.74. The zero-order valence-corrected chi connectivity index (χ0v) is 13.7. The van der Waals surface area contributed by atoms with Crippen molar-refractivity contribution in [3.05, 3.63) is 10.4 Å². The SMILES string of the molecule is CC(C)c1scnc1NC(=O)N1CCC(C(=O)N(C)C)C1. The van der Waals surface area contributed by atoms with Crippen LogP contribution in [0.4, 0.5) is 10.6 Å². The lowest BCUT2D eigenvalue weighted by atomic mass is 10.1. The summed E-state index contributed by atoms with van der Waals surface area (Å²) in [7, 11) is 3.49. The molecule has 1 fully saturated rings. The van der Waals surface area contributed by atoms with Gasteiger partial charge in [-0.2, -0.15) is 0 Å². The Labute approximate surface area is 129 Å². The van der Waals surface area contributed by atoms with Crippen LogP contribution in [-0.4, -0.2) is 53.9 Å². The molecule has 0 saturated carbocycles. The number of carbonyl (C=O) groups is 2. The average molecular weight is 310 g/mol. The van der Waals surface area contributed by atoms with Crippen molar-refractivity contribution in [2.75, 3.05) is 32.5 Å². The highest BCUT2D eigenvalue weighted by atomic mass is 32.1. The number of anilines is 1. The van der Waals surface area contributed by atoms with E-state index in [1.807, 2.05) is 0 Å². The van der Waals surface area contributed by atoms with Crippen molar-refractivity contribution in [1.29, 1.82) is 0 Å². The first kappa shape index (κ1) is 15.8. The van der Waals surface area contributed by atoms with Crippen molar-refractivity contribution in [1.82, 2.24) is 14.8 Å². The average Bonchev–Trinajstić information content (AvgIpc) is 3.05. The molecule has 1 unspecified atom stereocenters. The molecule has 0 aromatic carbocycles. The van der Waals surface area contributed by atoms with Gasteiger partial charge in [-0.1, -0.05) is 13.8 Å². The molecule has 6 nitrogen and oxygen atoms in total. The maximum atomic E-state index is 12.3. The maximum absolute atomic E-state index is 12.3. The molecule has 1 N–H and O–H groups in total. The van der Waals surface area contributed by atoms with Gasteiger partial charge >= 0.3 is 6.03 Å². The fourth-order valence-electron chi connectivity index (χ4n) is 2.45. The molecule has 0 bridgehead atoms. The summed E-state index contributed by atoms with van der Waals surface area (Å²) in [6.45, 7) is 5.23. The highest BCUT2D eigenvalue weighted by Gasteiger charge is 2.32. The minimum atomic E-state index is -0.170. The Morgan fingerprint density at radius 1 is 1.48 bits per heavy atom. The second kappa shape index (κ2) is 6.43. The topological polar surface area (TPSA) is 65.5 Å². The van der Waals surface area contributed by atoms with Gasteiger partial charge in [-0.3, -0.25) is 10.1 Å². The molecule has 1 aromatic rings. The summed E-state index contributed by atoms with van der Waals surface area (Å²) in [6, 6.07) is -0.170. The normalized spacial score (nSPS) is 18.1. The highest BCUT2D eigenvalue weighted by Crippen LogP contribution is 2.28. The Morgan fingerprint density at radius 3 is 2.81 bits per heavy atom. The molecule has 1 saturated heterocycles. The molecule has 1 aliphatic rings. The van der Waals surface area contributed by atoms with E-state index in [1.54, 1.807) is 40.7 Å². The Bertz CT molecular complexity index is 527. The number of thiazole rings is 1. The van der Waals surface area contributed by atoms with E-state index < -0.39 is 0 Å². The first-order chi connectivity index (χ1) is 9.90. The number of hydrogen-bond acceptors (Lipinski definition) is 4. The van der Waals surface area contributed by atoms with E-state index in [2.05, 4.69) is 24.1 Å². The van der Waals surface area contributed by atoms with Gasteiger partial charge in [-0.05, 0) is 12.3 Å². The van der Waals surface area contributed by atoms with Gasteiger partial charge in [0.05, 0.1) is 16.3 Å². The van der Waals surface area contributed by atoms with Crippen molar-refractivity contribution in [3.8, 4) is 0 Å². The second-order valence-corrected chi connectivity index (χ2v) is 6.70. The van der Waals surface area contributed by atoms with Crippen LogP contribution in [0.15, 0.2) is 5.51 Å². The lowest BCUT2D eigenvalue weighted by molar-refractivity contribution is -0.132. The van der Waals surface area contributed by atoms with E-state index in [4.69, 9.17) is 0 Å². The summed E-state index contributed by atoms with van der Waals surface area (Å²) < 4.78 is 0. The van der Waals surface area contributed by atoms with E-state index >= 15 is 0 Å². The molecule has 0 aliphatic carbocycles. The van der Waals surface area contributed by atoms with Crippen LogP contribution >= 0.6 is 11.3 Å². The van der Waals surface area contributed by atoms with E-state index in [-0.39, 0.29) is 17.9 Å². The van der Waals surface area contributed by atoms with E-state index in [9.17, 15) is 9.59 Å². The smallest absolute Gasteiger partial charge is 0.323 e. The fourth-order valence-corrected chi connectivity index (χ4v) is 3.21. The summed E-state index contributed by atoms with van der Waals surface area (Å²) in [5, 5.41) is 2.86. The van der Waals surface area contributed by atoms with Crippen molar-refractivity contribution >= 4 is 29.1 Å². The molecule has 0 spiro atoms. The van der Waals surface area contributed by atoms with Crippen LogP contribution in [0.1, 0.15) is 31.1 Å². The summed E-state index contributed by atoms with van der Waals surface area (Å²) in [6.07, 6.45) is 0.721. The number of likely N-dealkylation sites (tertiary alicyclic amines) is 1. The molecule has 2 rings (SSSR count). The van der Waals surface area contributed by atoms with Crippen molar-refractivity contribution in [2.45, 2.75) is 26.2 Å². The molecule has 1 aliphatic heterocycles. The van der Waals surface area contributed by atoms with E-state index in [0.717, 1.165) is 11.3 Å². The monoisotopic (exact) mass is 310 g/mol. The number of rotatable bonds is 3. The van der Waals surface area contributed by atoms with Gasteiger partial charge in [0.2, 0.25) is 5.91 Å². The van der Waals surface area contributed by atoms with Crippen LogP contribution in [0, 0.1) is 5.92 Å². The number of amides is 3. The van der Waals surface area contributed by atoms with Gasteiger partial charge in [0.15, 0.2) is 0 Å². The minimum Gasteiger partial charge on any atom is -0.349 e. The van der Waals surface area contributed by atoms with Crippen LogP contribution in [0.3, 0.4) is 0 Å². The Kier molecular flexibility index (Phi) is 4.82. The number of carbonyl (C=O) groups excluding carboxylic acids is 2. The molecule has 3 amide bonds. The first-order valence-electron chi connectivity index (χ1n) is 7.10. The fraction of sp³-hybridized carbons (Fsp3) is 0.643. The molecule has 7 heteroatoms. The van der Waals surface area contributed by atoms with Crippen LogP contribution in [-0.2, 0) is 4.79 Å². The standard InChI is InChI=1S/C14H22N4O2S/c1-9(2)11-12(15-8-21-11)16-14(20)18-6-5-10(7-18)13(19)17(3)4/h8-10H,5-7H2,1-4H3,(H,16,20). The van der Waals surface area contributed by atoms with Gasteiger partial charge in [0.25, 0.3) is 0 Å². The lowest BCUT2D eigenvalue weighted by Gasteiger charge is -2.19. The predicted octanol–water partition coefficient (Wildman–Crippen LogP) is 2.21. The van der Waals surface area contributed by atoms with Gasteiger partial charge in [-0.25, -0.2) is 9.78 Å². The quantitative estimate of drug-likeness (QED) is 0.931. The third-order valence-electron chi connectivity index (χ3n) is 3.61. The van der Waals surface area contributed by atoms with Crippen LogP contribution in [0.25, 0.3) is 0 Å². The first-order valence-corrected chi connectivity index (χ1v) is 7.98. The zero-order valence-electron chi connectivity index (χ0n) is 12.9. The number of aromatic nitrogens is 1. The van der Waals surface area contributed by atoms with Crippen LogP contribution in [0.5, 0.6) is 0 Å². The number of nitrogens with one attached hydrogen (secondary N) is 1. The minimum absolute atomic E-state index is 0.0850. The Balaban J connectivity index is 1.96. The van der Waals surface area contributed by atoms with E-state index in [1.165, 1.54) is 0 Å². The van der Waals surface area contributed by atoms with Crippen LogP contribution < -0.4 is 5.32 Å². The Morgan fingerprint density at radius 2 is 2.19 bits per heavy atom. The van der Waals surface area contributed by atoms with Crippen molar-refractivity contribution in [2.24, 2.45) is 5.92 Å². The Hall–Kier alpha value is -1.63. The molecule has 21 heavy (non-hydrogen) atoms. The summed E-state index contributed by atoms with van der Waals surface area (Å²) in [4.78, 5) is 32.8. The van der Waals surface area contributed by atoms with Crippen molar-refractivity contribution in [3.63, 3.8) is 0 Å². The molecular formula is C14H22N4O2S. The summed E-state index contributed by atoms with van der Waals surface area (Å²) in [5.41, 5.74) is 1.74. The molecule has 2 heterocycles. The van der Waals surface area contributed by atoms with Crippen molar-refractivity contribution < 1.29 is 9.59 Å². The molecular weight excluding hydrogens is 288 g/mol. The van der Waals surface area contributed by atoms with Gasteiger partial charge in [0.1, 0.15) is 5.82 Å². The summed E-state index contributed by atoms with van der Waals surface area (Å²) in [5.74, 6) is 0.962. The van der Waals surface area contributed by atoms with Crippen LogP contribution in [0.2, 0.25) is 0 Å². The van der Waals surface area contributed by atoms with E-state index in [0.29, 0.717) is 24.8 Å². The molecule has 0 radical (unpaired) electrons. The van der Waals surface area contributed by atoms with Gasteiger partial charge in [-0.15, -0.1) is 11.3 Å². The second-order valence-electron chi connectivity index (χ2n) is 5.81. The summed E-state index contributed by atoms with van der Waals surface area (Å²) >= 11 is 1.55. The zero-order chi connectivity index (χ0) is 15.6. The molecule has 1 aromatic heterocycles. The highest BCUT2D eigenvalue weighted by molar-refractivity contribution is 7.10. The number of nitrogens with zero attached hydrogens (tertiary/aromatic N) is 3. The number of urea groups is 1. The lowest BCUT2D eigenvalue weighted by Crippen LogP contribution is -2.36.